The van der Waals surface area contributed by atoms with Gasteiger partial charge in [-0.15, -0.1) is 5.10 Å². The van der Waals surface area contributed by atoms with Crippen LogP contribution in [0.3, 0.4) is 0 Å². The molecule has 0 bridgehead atoms. The number of hydrogen-bond donors (Lipinski definition) is 1. The lowest BCUT2D eigenvalue weighted by molar-refractivity contribution is -0.147. The maximum Gasteiger partial charge on any atom is 0.331 e. The van der Waals surface area contributed by atoms with Crippen molar-refractivity contribution in [1.82, 2.24) is 20.2 Å². The number of carboxylic acids is 1. The fourth-order valence-corrected chi connectivity index (χ4v) is 1.91. The largest absolute Gasteiger partial charge is 0.479 e. The zero-order valence-corrected chi connectivity index (χ0v) is 11.3. The normalized spacial score (nSPS) is 14.1. The van der Waals surface area contributed by atoms with Crippen molar-refractivity contribution in [3.05, 3.63) is 29.3 Å². The molecule has 0 aliphatic heterocycles. The van der Waals surface area contributed by atoms with Crippen LogP contribution in [0.4, 0.5) is 0 Å². The summed E-state index contributed by atoms with van der Waals surface area (Å²) in [5.74, 6) is -0.597. The molecule has 0 fully saturated rings. The molecule has 0 radical (unpaired) electrons. The summed E-state index contributed by atoms with van der Waals surface area (Å²) >= 11 is 5.93. The van der Waals surface area contributed by atoms with E-state index >= 15 is 0 Å². The molecular formula is C12H13ClN4O2. The molecule has 1 N–H and O–H groups in total. The molecule has 2 rings (SSSR count). The molecule has 100 valence electrons. The highest BCUT2D eigenvalue weighted by molar-refractivity contribution is 6.30. The molecule has 0 spiro atoms. The maximum absolute atomic E-state index is 11.5. The van der Waals surface area contributed by atoms with Gasteiger partial charge in [0.1, 0.15) is 0 Å². The molecule has 7 heteroatoms. The third-order valence-corrected chi connectivity index (χ3v) is 3.40. The van der Waals surface area contributed by atoms with E-state index in [1.165, 1.54) is 4.68 Å². The Labute approximate surface area is 115 Å². The lowest BCUT2D eigenvalue weighted by Gasteiger charge is -2.23. The van der Waals surface area contributed by atoms with E-state index < -0.39 is 11.5 Å². The first kappa shape index (κ1) is 13.5. The van der Waals surface area contributed by atoms with Crippen LogP contribution in [0.5, 0.6) is 0 Å². The van der Waals surface area contributed by atoms with Gasteiger partial charge in [0.15, 0.2) is 11.4 Å². The van der Waals surface area contributed by atoms with E-state index in [9.17, 15) is 9.90 Å². The number of rotatable bonds is 4. The molecule has 1 aromatic carbocycles. The van der Waals surface area contributed by atoms with Gasteiger partial charge in [-0.3, -0.25) is 0 Å². The van der Waals surface area contributed by atoms with Crippen LogP contribution in [0.2, 0.25) is 5.02 Å². The Morgan fingerprint density at radius 1 is 1.53 bits per heavy atom. The third kappa shape index (κ3) is 2.31. The molecule has 0 aliphatic carbocycles. The molecule has 19 heavy (non-hydrogen) atoms. The average Bonchev–Trinajstić information content (AvgIpc) is 2.87. The predicted molar refractivity (Wildman–Crippen MR) is 69.8 cm³/mol. The Hall–Kier alpha value is -1.95. The number of hydrogen-bond acceptors (Lipinski definition) is 4. The molecular weight excluding hydrogens is 268 g/mol. The van der Waals surface area contributed by atoms with Crippen LogP contribution < -0.4 is 0 Å². The highest BCUT2D eigenvalue weighted by Crippen LogP contribution is 2.27. The standard InChI is InChI=1S/C12H13ClN4O2/c1-3-12(2,11(18)19)17-10(14-15-16-17)8-5-4-6-9(13)7-8/h4-7H,3H2,1-2H3,(H,18,19). The lowest BCUT2D eigenvalue weighted by atomic mass is 9.99. The summed E-state index contributed by atoms with van der Waals surface area (Å²) < 4.78 is 1.32. The second kappa shape index (κ2) is 4.97. The van der Waals surface area contributed by atoms with Gasteiger partial charge in [-0.05, 0) is 35.9 Å². The highest BCUT2D eigenvalue weighted by atomic mass is 35.5. The average molecular weight is 281 g/mol. The van der Waals surface area contributed by atoms with E-state index in [4.69, 9.17) is 11.6 Å². The Morgan fingerprint density at radius 2 is 2.26 bits per heavy atom. The second-order valence-corrected chi connectivity index (χ2v) is 4.79. The fourth-order valence-electron chi connectivity index (χ4n) is 1.72. The monoisotopic (exact) mass is 280 g/mol. The van der Waals surface area contributed by atoms with Crippen molar-refractivity contribution in [3.8, 4) is 11.4 Å². The fraction of sp³-hybridized carbons (Fsp3) is 0.333. The van der Waals surface area contributed by atoms with Crippen LogP contribution in [0, 0.1) is 0 Å². The van der Waals surface area contributed by atoms with E-state index in [1.807, 2.05) is 0 Å². The predicted octanol–water partition coefficient (Wildman–Crippen LogP) is 2.20. The van der Waals surface area contributed by atoms with Crippen LogP contribution in [-0.2, 0) is 10.3 Å². The van der Waals surface area contributed by atoms with E-state index in [-0.39, 0.29) is 0 Å². The van der Waals surface area contributed by atoms with Gasteiger partial charge in [-0.2, -0.15) is 0 Å². The molecule has 6 nitrogen and oxygen atoms in total. The van der Waals surface area contributed by atoms with Gasteiger partial charge in [-0.1, -0.05) is 30.7 Å². The molecule has 1 aromatic heterocycles. The SMILES string of the molecule is CCC(C)(C(=O)O)n1nnnc1-c1cccc(Cl)c1. The number of benzene rings is 1. The van der Waals surface area contributed by atoms with E-state index in [1.54, 1.807) is 38.1 Å². The Morgan fingerprint density at radius 3 is 2.84 bits per heavy atom. The van der Waals surface area contributed by atoms with Crippen LogP contribution in [0.15, 0.2) is 24.3 Å². The number of carboxylic acid groups (broad SMARTS) is 1. The second-order valence-electron chi connectivity index (χ2n) is 4.36. The zero-order valence-electron chi connectivity index (χ0n) is 10.5. The number of aliphatic carboxylic acids is 1. The quantitative estimate of drug-likeness (QED) is 0.928. The number of carbonyl (C=O) groups is 1. The van der Waals surface area contributed by atoms with Gasteiger partial charge in [0.2, 0.25) is 0 Å². The Kier molecular flexibility index (Phi) is 3.53. The van der Waals surface area contributed by atoms with Crippen molar-refractivity contribution in [2.45, 2.75) is 25.8 Å². The van der Waals surface area contributed by atoms with E-state index in [0.717, 1.165) is 0 Å². The molecule has 0 amide bonds. The van der Waals surface area contributed by atoms with Crippen molar-refractivity contribution >= 4 is 17.6 Å². The zero-order chi connectivity index (χ0) is 14.0. The summed E-state index contributed by atoms with van der Waals surface area (Å²) in [6, 6.07) is 6.98. The number of tetrazole rings is 1. The Balaban J connectivity index is 2.57. The van der Waals surface area contributed by atoms with Gasteiger partial charge in [0, 0.05) is 10.6 Å². The van der Waals surface area contributed by atoms with Crippen LogP contribution in [0.1, 0.15) is 20.3 Å². The number of nitrogens with zero attached hydrogens (tertiary/aromatic N) is 4. The summed E-state index contributed by atoms with van der Waals surface area (Å²) in [5, 5.41) is 21.2. The topological polar surface area (TPSA) is 80.9 Å². The highest BCUT2D eigenvalue weighted by Gasteiger charge is 2.37. The minimum atomic E-state index is -1.19. The van der Waals surface area contributed by atoms with Crippen LogP contribution in [0.25, 0.3) is 11.4 Å². The first-order chi connectivity index (χ1) is 8.99. The number of halogens is 1. The minimum Gasteiger partial charge on any atom is -0.479 e. The summed E-state index contributed by atoms with van der Waals surface area (Å²) in [6.07, 6.45) is 0.362. The lowest BCUT2D eigenvalue weighted by Crippen LogP contribution is -2.39. The van der Waals surface area contributed by atoms with Gasteiger partial charge < -0.3 is 5.11 Å². The maximum atomic E-state index is 11.5. The summed E-state index contributed by atoms with van der Waals surface area (Å²) in [5.41, 5.74) is -0.514. The van der Waals surface area contributed by atoms with Crippen molar-refractivity contribution in [3.63, 3.8) is 0 Å². The number of aromatic nitrogens is 4. The molecule has 0 saturated heterocycles. The summed E-state index contributed by atoms with van der Waals surface area (Å²) in [4.78, 5) is 11.5. The van der Waals surface area contributed by atoms with Gasteiger partial charge in [-0.25, -0.2) is 9.48 Å². The van der Waals surface area contributed by atoms with Gasteiger partial charge in [0.05, 0.1) is 0 Å². The van der Waals surface area contributed by atoms with Gasteiger partial charge >= 0.3 is 5.97 Å². The van der Waals surface area contributed by atoms with Crippen molar-refractivity contribution in [2.75, 3.05) is 0 Å². The molecule has 0 saturated carbocycles. The Bertz CT molecular complexity index is 613. The smallest absolute Gasteiger partial charge is 0.331 e. The van der Waals surface area contributed by atoms with E-state index in [0.29, 0.717) is 22.8 Å². The summed E-state index contributed by atoms with van der Waals surface area (Å²) in [7, 11) is 0. The van der Waals surface area contributed by atoms with Crippen LogP contribution >= 0.6 is 11.6 Å². The van der Waals surface area contributed by atoms with Crippen molar-refractivity contribution in [1.29, 1.82) is 0 Å². The third-order valence-electron chi connectivity index (χ3n) is 3.17. The molecule has 0 aliphatic rings. The van der Waals surface area contributed by atoms with E-state index in [2.05, 4.69) is 15.5 Å². The molecule has 1 heterocycles. The first-order valence-corrected chi connectivity index (χ1v) is 6.15. The summed E-state index contributed by atoms with van der Waals surface area (Å²) in [6.45, 7) is 3.36. The van der Waals surface area contributed by atoms with Crippen LogP contribution in [-0.4, -0.2) is 31.3 Å². The molecule has 2 aromatic rings. The first-order valence-electron chi connectivity index (χ1n) is 5.77. The van der Waals surface area contributed by atoms with Gasteiger partial charge in [0.25, 0.3) is 0 Å². The van der Waals surface area contributed by atoms with Crippen molar-refractivity contribution in [2.24, 2.45) is 0 Å². The molecule has 1 unspecified atom stereocenters. The van der Waals surface area contributed by atoms with Crippen molar-refractivity contribution < 1.29 is 9.90 Å². The molecule has 1 atom stereocenters. The minimum absolute atomic E-state index is 0.362.